The second kappa shape index (κ2) is 8.87. The van der Waals surface area contributed by atoms with Crippen molar-refractivity contribution in [1.29, 1.82) is 0 Å². The van der Waals surface area contributed by atoms with Crippen molar-refractivity contribution in [3.63, 3.8) is 0 Å². The highest BCUT2D eigenvalue weighted by Gasteiger charge is 2.47. The van der Waals surface area contributed by atoms with Crippen molar-refractivity contribution in [2.45, 2.75) is 53.9 Å². The number of ether oxygens (including phenoxy) is 1. The summed E-state index contributed by atoms with van der Waals surface area (Å²) in [6.07, 6.45) is 14.2. The Morgan fingerprint density at radius 1 is 1.04 bits per heavy atom. The highest BCUT2D eigenvalue weighted by molar-refractivity contribution is 5.82. The van der Waals surface area contributed by atoms with Crippen molar-refractivity contribution in [2.24, 2.45) is 41.4 Å². The third-order valence-corrected chi connectivity index (χ3v) is 6.93. The van der Waals surface area contributed by atoms with E-state index in [0.717, 1.165) is 23.7 Å². The predicted molar refractivity (Wildman–Crippen MR) is 105 cm³/mol. The topological polar surface area (TPSA) is 26.3 Å². The first-order valence-electron chi connectivity index (χ1n) is 9.96. The highest BCUT2D eigenvalue weighted by Crippen LogP contribution is 2.54. The monoisotopic (exact) mass is 344 g/mol. The fourth-order valence-electron chi connectivity index (χ4n) is 5.57. The summed E-state index contributed by atoms with van der Waals surface area (Å²) in [5, 5.41) is 0. The normalized spacial score (nSPS) is 39.6. The van der Waals surface area contributed by atoms with E-state index in [0.29, 0.717) is 17.8 Å². The summed E-state index contributed by atoms with van der Waals surface area (Å²) < 4.78 is 4.68. The van der Waals surface area contributed by atoms with Crippen LogP contribution in [0.3, 0.4) is 0 Å². The molecule has 0 bridgehead atoms. The lowest BCUT2D eigenvalue weighted by molar-refractivity contribution is -0.134. The van der Waals surface area contributed by atoms with Gasteiger partial charge in [-0.2, -0.15) is 0 Å². The van der Waals surface area contributed by atoms with Gasteiger partial charge in [0.1, 0.15) is 0 Å². The van der Waals surface area contributed by atoms with Crippen LogP contribution in [0, 0.1) is 41.4 Å². The molecule has 0 amide bonds. The van der Waals surface area contributed by atoms with E-state index in [1.807, 2.05) is 6.08 Å². The van der Waals surface area contributed by atoms with Gasteiger partial charge in [-0.3, -0.25) is 0 Å². The maximum atomic E-state index is 11.3. The van der Waals surface area contributed by atoms with Crippen molar-refractivity contribution in [2.75, 3.05) is 7.11 Å². The first-order valence-corrected chi connectivity index (χ1v) is 9.96. The van der Waals surface area contributed by atoms with Crippen molar-refractivity contribution >= 4 is 5.97 Å². The molecule has 2 fully saturated rings. The van der Waals surface area contributed by atoms with Crippen LogP contribution < -0.4 is 0 Å². The Morgan fingerprint density at radius 3 is 2.36 bits per heavy atom. The van der Waals surface area contributed by atoms with E-state index in [1.54, 1.807) is 0 Å². The van der Waals surface area contributed by atoms with Crippen LogP contribution in [-0.2, 0) is 9.53 Å². The lowest BCUT2D eigenvalue weighted by atomic mass is 9.52. The van der Waals surface area contributed by atoms with Gasteiger partial charge >= 0.3 is 5.97 Å². The summed E-state index contributed by atoms with van der Waals surface area (Å²) in [4.78, 5) is 11.3. The Morgan fingerprint density at radius 2 is 1.72 bits per heavy atom. The van der Waals surface area contributed by atoms with Gasteiger partial charge < -0.3 is 4.74 Å². The van der Waals surface area contributed by atoms with Crippen molar-refractivity contribution in [3.05, 3.63) is 36.0 Å². The van der Waals surface area contributed by atoms with Crippen LogP contribution in [0.1, 0.15) is 53.9 Å². The Kier molecular flexibility index (Phi) is 7.10. The van der Waals surface area contributed by atoms with Gasteiger partial charge in [0.15, 0.2) is 0 Å². The van der Waals surface area contributed by atoms with Crippen LogP contribution >= 0.6 is 0 Å². The third-order valence-electron chi connectivity index (χ3n) is 6.93. The zero-order valence-electron chi connectivity index (χ0n) is 16.9. The van der Waals surface area contributed by atoms with Crippen molar-refractivity contribution in [1.82, 2.24) is 0 Å². The largest absolute Gasteiger partial charge is 0.466 e. The molecule has 0 aromatic carbocycles. The molecule has 0 N–H and O–H groups in total. The number of hydrogen-bond acceptors (Lipinski definition) is 2. The molecule has 0 radical (unpaired) electrons. The van der Waals surface area contributed by atoms with Crippen LogP contribution in [0.25, 0.3) is 0 Å². The van der Waals surface area contributed by atoms with Gasteiger partial charge in [0.2, 0.25) is 0 Å². The first kappa shape index (κ1) is 20.0. The van der Waals surface area contributed by atoms with Gasteiger partial charge in [-0.05, 0) is 61.7 Å². The molecule has 2 aliphatic rings. The van der Waals surface area contributed by atoms with Crippen LogP contribution in [0.4, 0.5) is 0 Å². The molecule has 2 saturated carbocycles. The molecule has 0 spiro atoms. The molecule has 2 nitrogen and oxygen atoms in total. The molecule has 2 heteroatoms. The summed E-state index contributed by atoms with van der Waals surface area (Å²) in [7, 11) is 1.42. The number of carbonyl (C=O) groups excluding carboxylic acids is 1. The van der Waals surface area contributed by atoms with Gasteiger partial charge in [0, 0.05) is 6.08 Å². The zero-order chi connectivity index (χ0) is 18.6. The first-order chi connectivity index (χ1) is 11.9. The number of carbonyl (C=O) groups is 1. The van der Waals surface area contributed by atoms with E-state index < -0.39 is 0 Å². The SMILES string of the molecule is C/C=C(/C)C1[C@@H](/C=C/C=C/C(=O)OC)[C@H]2[C@@H](C[C@@H]1C)[C@@H](C)CC[C@@H]2C. The summed E-state index contributed by atoms with van der Waals surface area (Å²) in [6, 6.07) is 0. The van der Waals surface area contributed by atoms with Gasteiger partial charge in [-0.25, -0.2) is 4.79 Å². The second-order valence-corrected chi connectivity index (χ2v) is 8.39. The third kappa shape index (κ3) is 4.46. The molecule has 140 valence electrons. The molecular weight excluding hydrogens is 308 g/mol. The van der Waals surface area contributed by atoms with Gasteiger partial charge in [-0.1, -0.05) is 63.5 Å². The number of fused-ring (bicyclic) bond motifs is 1. The molecule has 2 rings (SSSR count). The molecule has 1 unspecified atom stereocenters. The minimum absolute atomic E-state index is 0.291. The predicted octanol–water partition coefficient (Wildman–Crippen LogP) is 5.81. The molecule has 0 aromatic heterocycles. The van der Waals surface area contributed by atoms with E-state index in [9.17, 15) is 4.79 Å². The molecule has 0 aromatic rings. The molecule has 7 atom stereocenters. The summed E-state index contributed by atoms with van der Waals surface area (Å²) in [5.74, 6) is 4.79. The summed E-state index contributed by atoms with van der Waals surface area (Å²) in [6.45, 7) is 11.8. The maximum Gasteiger partial charge on any atom is 0.330 e. The van der Waals surface area contributed by atoms with E-state index in [4.69, 9.17) is 0 Å². The lowest BCUT2D eigenvalue weighted by Gasteiger charge is -2.53. The summed E-state index contributed by atoms with van der Waals surface area (Å²) in [5.41, 5.74) is 1.52. The Balaban J connectivity index is 2.32. The van der Waals surface area contributed by atoms with Crippen molar-refractivity contribution in [3.8, 4) is 0 Å². The average Bonchev–Trinajstić information content (AvgIpc) is 2.60. The van der Waals surface area contributed by atoms with Gasteiger partial charge in [0.05, 0.1) is 7.11 Å². The number of rotatable bonds is 4. The summed E-state index contributed by atoms with van der Waals surface area (Å²) >= 11 is 0. The Bertz CT molecular complexity index is 542. The van der Waals surface area contributed by atoms with E-state index in [1.165, 1.54) is 38.0 Å². The molecule has 0 saturated heterocycles. The molecular formula is C23H36O2. The zero-order valence-corrected chi connectivity index (χ0v) is 16.9. The van der Waals surface area contributed by atoms with Crippen LogP contribution in [0.15, 0.2) is 36.0 Å². The van der Waals surface area contributed by atoms with Crippen molar-refractivity contribution < 1.29 is 9.53 Å². The van der Waals surface area contributed by atoms with E-state index >= 15 is 0 Å². The fraction of sp³-hybridized carbons (Fsp3) is 0.696. The molecule has 25 heavy (non-hydrogen) atoms. The number of allylic oxidation sites excluding steroid dienone is 5. The van der Waals surface area contributed by atoms with Crippen LogP contribution in [-0.4, -0.2) is 13.1 Å². The number of esters is 1. The second-order valence-electron chi connectivity index (χ2n) is 8.39. The Labute approximate surface area is 154 Å². The highest BCUT2D eigenvalue weighted by atomic mass is 16.5. The quantitative estimate of drug-likeness (QED) is 0.278. The van der Waals surface area contributed by atoms with Gasteiger partial charge in [-0.15, -0.1) is 0 Å². The average molecular weight is 345 g/mol. The lowest BCUT2D eigenvalue weighted by Crippen LogP contribution is -2.46. The van der Waals surface area contributed by atoms with Gasteiger partial charge in [0.25, 0.3) is 0 Å². The molecule has 0 aliphatic heterocycles. The minimum atomic E-state index is -0.291. The standard InChI is InChI=1S/C23H36O2/c1-7-15(2)22-18(5)14-20-16(3)12-13-17(4)23(20)19(22)10-8-9-11-21(24)25-6/h7-11,16-20,22-23H,12-14H2,1-6H3/b10-8+,11-9+,15-7-/t16-,17-,18-,19+,20-,22?,23-/m0/s1. The molecule has 2 aliphatic carbocycles. The maximum absolute atomic E-state index is 11.3. The van der Waals surface area contributed by atoms with E-state index in [-0.39, 0.29) is 5.97 Å². The van der Waals surface area contributed by atoms with Crippen LogP contribution in [0.5, 0.6) is 0 Å². The number of hydrogen-bond donors (Lipinski definition) is 0. The Hall–Kier alpha value is -1.31. The minimum Gasteiger partial charge on any atom is -0.466 e. The van der Waals surface area contributed by atoms with E-state index in [2.05, 4.69) is 57.6 Å². The van der Waals surface area contributed by atoms with Crippen LogP contribution in [0.2, 0.25) is 0 Å². The molecule has 0 heterocycles. The fourth-order valence-corrected chi connectivity index (χ4v) is 5.57. The smallest absolute Gasteiger partial charge is 0.330 e. The number of methoxy groups -OCH3 is 1.